The fourth-order valence-electron chi connectivity index (χ4n) is 2.13. The van der Waals surface area contributed by atoms with Crippen molar-refractivity contribution < 1.29 is 18.3 Å². The Morgan fingerprint density at radius 2 is 1.82 bits per heavy atom. The molecule has 2 fully saturated rings. The molecule has 0 aromatic rings. The zero-order valence-corrected chi connectivity index (χ0v) is 10.3. The molecule has 0 saturated carbocycles. The second-order valence-corrected chi connectivity index (χ2v) is 6.37. The first-order valence-electron chi connectivity index (χ1n) is 5.63. The summed E-state index contributed by atoms with van der Waals surface area (Å²) in [6, 6.07) is 0.513. The highest BCUT2D eigenvalue weighted by atomic mass is 32.2. The van der Waals surface area contributed by atoms with Crippen molar-refractivity contribution in [2.24, 2.45) is 0 Å². The van der Waals surface area contributed by atoms with Crippen LogP contribution in [0.15, 0.2) is 0 Å². The Labute approximate surface area is 100 Å². The van der Waals surface area contributed by atoms with Crippen LogP contribution in [-0.4, -0.2) is 79.8 Å². The maximum absolute atomic E-state index is 11.7. The summed E-state index contributed by atoms with van der Waals surface area (Å²) in [5.74, 6) is -2.10. The predicted octanol–water partition coefficient (Wildman–Crippen LogP) is -2.01. The normalized spacial score (nSPS) is 24.5. The molecule has 0 spiro atoms. The van der Waals surface area contributed by atoms with Gasteiger partial charge in [0.15, 0.2) is 5.75 Å². The lowest BCUT2D eigenvalue weighted by Gasteiger charge is -2.42. The summed E-state index contributed by atoms with van der Waals surface area (Å²) >= 11 is 0. The van der Waals surface area contributed by atoms with Crippen molar-refractivity contribution in [2.75, 3.05) is 45.0 Å². The number of sulfonamides is 1. The number of nitrogens with zero attached hydrogens (tertiary/aromatic N) is 2. The summed E-state index contributed by atoms with van der Waals surface area (Å²) in [6.07, 6.45) is 0. The van der Waals surface area contributed by atoms with E-state index in [0.29, 0.717) is 32.2 Å². The van der Waals surface area contributed by atoms with E-state index in [-0.39, 0.29) is 0 Å². The lowest BCUT2D eigenvalue weighted by atomic mass is 10.1. The van der Waals surface area contributed by atoms with E-state index in [4.69, 9.17) is 5.11 Å². The molecule has 2 aliphatic rings. The zero-order chi connectivity index (χ0) is 12.5. The van der Waals surface area contributed by atoms with Gasteiger partial charge < -0.3 is 10.4 Å². The summed E-state index contributed by atoms with van der Waals surface area (Å²) in [6.45, 7) is 4.08. The van der Waals surface area contributed by atoms with Gasteiger partial charge in [-0.2, -0.15) is 4.31 Å². The van der Waals surface area contributed by atoms with Crippen molar-refractivity contribution in [1.82, 2.24) is 14.5 Å². The Balaban J connectivity index is 1.87. The molecular weight excluding hydrogens is 246 g/mol. The van der Waals surface area contributed by atoms with E-state index in [1.165, 1.54) is 4.31 Å². The molecule has 0 aromatic carbocycles. The van der Waals surface area contributed by atoms with Crippen LogP contribution in [0.1, 0.15) is 0 Å². The third-order valence-electron chi connectivity index (χ3n) is 3.25. The summed E-state index contributed by atoms with van der Waals surface area (Å²) in [4.78, 5) is 12.7. The number of carbonyl (C=O) groups is 1. The Hall–Kier alpha value is -0.700. The van der Waals surface area contributed by atoms with Gasteiger partial charge >= 0.3 is 5.97 Å². The highest BCUT2D eigenvalue weighted by Crippen LogP contribution is 2.12. The van der Waals surface area contributed by atoms with Gasteiger partial charge in [-0.25, -0.2) is 8.42 Å². The molecule has 0 amide bonds. The molecule has 2 N–H and O–H groups in total. The van der Waals surface area contributed by atoms with Gasteiger partial charge in [0.05, 0.1) is 0 Å². The highest BCUT2D eigenvalue weighted by molar-refractivity contribution is 7.89. The van der Waals surface area contributed by atoms with E-state index < -0.39 is 21.7 Å². The second-order valence-electron chi connectivity index (χ2n) is 4.40. The molecule has 2 rings (SSSR count). The highest BCUT2D eigenvalue weighted by Gasteiger charge is 2.32. The lowest BCUT2D eigenvalue weighted by Crippen LogP contribution is -2.62. The first kappa shape index (κ1) is 12.7. The van der Waals surface area contributed by atoms with Crippen LogP contribution in [0.25, 0.3) is 0 Å². The van der Waals surface area contributed by atoms with Gasteiger partial charge in [-0.05, 0) is 0 Å². The molecule has 0 aliphatic carbocycles. The quantitative estimate of drug-likeness (QED) is 0.609. The van der Waals surface area contributed by atoms with Crippen LogP contribution >= 0.6 is 0 Å². The number of piperazine rings is 1. The molecule has 2 saturated heterocycles. The molecule has 0 atom stereocenters. The number of aliphatic carboxylic acids is 1. The monoisotopic (exact) mass is 263 g/mol. The van der Waals surface area contributed by atoms with Crippen LogP contribution in [0.4, 0.5) is 0 Å². The predicted molar refractivity (Wildman–Crippen MR) is 61.2 cm³/mol. The van der Waals surface area contributed by atoms with Crippen LogP contribution < -0.4 is 5.32 Å². The van der Waals surface area contributed by atoms with Crippen LogP contribution in [0.5, 0.6) is 0 Å². The topological polar surface area (TPSA) is 89.9 Å². The number of hydrogen-bond acceptors (Lipinski definition) is 5. The smallest absolute Gasteiger partial charge is 0.320 e. The van der Waals surface area contributed by atoms with E-state index in [2.05, 4.69) is 10.2 Å². The molecule has 2 aliphatic heterocycles. The maximum Gasteiger partial charge on any atom is 0.320 e. The summed E-state index contributed by atoms with van der Waals surface area (Å²) in [7, 11) is -3.63. The molecule has 0 aromatic heterocycles. The van der Waals surface area contributed by atoms with E-state index in [9.17, 15) is 13.2 Å². The zero-order valence-electron chi connectivity index (χ0n) is 9.50. The molecular formula is C9H17N3O4S. The van der Waals surface area contributed by atoms with Crippen LogP contribution in [0.2, 0.25) is 0 Å². The Kier molecular flexibility index (Phi) is 3.67. The third kappa shape index (κ3) is 2.95. The van der Waals surface area contributed by atoms with Crippen LogP contribution in [0, 0.1) is 0 Å². The molecule has 17 heavy (non-hydrogen) atoms. The molecule has 0 radical (unpaired) electrons. The summed E-state index contributed by atoms with van der Waals surface area (Å²) in [5.41, 5.74) is 0. The minimum absolute atomic E-state index is 0.395. The largest absolute Gasteiger partial charge is 0.480 e. The average Bonchev–Trinajstić information content (AvgIpc) is 2.13. The molecule has 7 nitrogen and oxygen atoms in total. The van der Waals surface area contributed by atoms with Crippen molar-refractivity contribution in [3.8, 4) is 0 Å². The fraction of sp³-hybridized carbons (Fsp3) is 0.889. The third-order valence-corrected chi connectivity index (χ3v) is 5.01. The van der Waals surface area contributed by atoms with Gasteiger partial charge in [0.1, 0.15) is 0 Å². The Morgan fingerprint density at radius 3 is 2.24 bits per heavy atom. The Bertz CT molecular complexity index is 385. The van der Waals surface area contributed by atoms with Gasteiger partial charge in [0.25, 0.3) is 0 Å². The van der Waals surface area contributed by atoms with Gasteiger partial charge in [-0.1, -0.05) is 0 Å². The standard InChI is InChI=1S/C9H17N3O4S/c13-9(14)7-17(15,16)12-3-1-11(2-4-12)8-5-10-6-8/h8,10H,1-7H2,(H,13,14). The van der Waals surface area contributed by atoms with Crippen molar-refractivity contribution in [1.29, 1.82) is 0 Å². The summed E-state index contributed by atoms with van der Waals surface area (Å²) in [5, 5.41) is 11.7. The molecule has 2 heterocycles. The second kappa shape index (κ2) is 4.89. The van der Waals surface area contributed by atoms with Crippen LogP contribution in [0.3, 0.4) is 0 Å². The molecule has 0 unspecified atom stereocenters. The number of hydrogen-bond donors (Lipinski definition) is 2. The van der Waals surface area contributed by atoms with Crippen molar-refractivity contribution in [2.45, 2.75) is 6.04 Å². The Morgan fingerprint density at radius 1 is 1.24 bits per heavy atom. The van der Waals surface area contributed by atoms with Crippen molar-refractivity contribution in [3.05, 3.63) is 0 Å². The van der Waals surface area contributed by atoms with E-state index in [0.717, 1.165) is 13.1 Å². The van der Waals surface area contributed by atoms with Gasteiger partial charge in [0, 0.05) is 45.3 Å². The number of rotatable bonds is 4. The number of carboxylic acids is 1. The van der Waals surface area contributed by atoms with Crippen LogP contribution in [-0.2, 0) is 14.8 Å². The fourth-order valence-corrected chi connectivity index (χ4v) is 3.34. The van der Waals surface area contributed by atoms with Gasteiger partial charge in [-0.15, -0.1) is 0 Å². The summed E-state index contributed by atoms with van der Waals surface area (Å²) < 4.78 is 24.6. The average molecular weight is 263 g/mol. The van der Waals surface area contributed by atoms with E-state index in [1.807, 2.05) is 0 Å². The van der Waals surface area contributed by atoms with Gasteiger partial charge in [0.2, 0.25) is 10.0 Å². The van der Waals surface area contributed by atoms with Gasteiger partial charge in [-0.3, -0.25) is 9.69 Å². The van der Waals surface area contributed by atoms with E-state index in [1.54, 1.807) is 0 Å². The van der Waals surface area contributed by atoms with Crippen molar-refractivity contribution >= 4 is 16.0 Å². The minimum Gasteiger partial charge on any atom is -0.480 e. The maximum atomic E-state index is 11.7. The molecule has 0 bridgehead atoms. The first-order chi connectivity index (χ1) is 7.99. The lowest BCUT2D eigenvalue weighted by molar-refractivity contribution is -0.134. The minimum atomic E-state index is -3.63. The number of carboxylic acid groups (broad SMARTS) is 1. The molecule has 98 valence electrons. The number of nitrogens with one attached hydrogen (secondary N) is 1. The first-order valence-corrected chi connectivity index (χ1v) is 7.24. The SMILES string of the molecule is O=C(O)CS(=O)(=O)N1CCN(C2CNC2)CC1. The molecule has 8 heteroatoms. The van der Waals surface area contributed by atoms with E-state index >= 15 is 0 Å². The van der Waals surface area contributed by atoms with Crippen molar-refractivity contribution in [3.63, 3.8) is 0 Å².